The van der Waals surface area contributed by atoms with Crippen molar-refractivity contribution in [1.82, 2.24) is 4.90 Å². The molecule has 0 aromatic heterocycles. The highest BCUT2D eigenvalue weighted by Gasteiger charge is 2.24. The third kappa shape index (κ3) is 6.42. The van der Waals surface area contributed by atoms with Gasteiger partial charge >= 0.3 is 0 Å². The smallest absolute Gasteiger partial charge is 0.0915 e. The zero-order valence-corrected chi connectivity index (χ0v) is 13.0. The molecule has 0 aromatic carbocycles. The normalized spacial score (nSPS) is 12.4. The fourth-order valence-corrected chi connectivity index (χ4v) is 2.99. The Kier molecular flexibility index (Phi) is 9.85. The van der Waals surface area contributed by atoms with Gasteiger partial charge in [-0.2, -0.15) is 0 Å². The highest BCUT2D eigenvalue weighted by molar-refractivity contribution is 4.54. The molecule has 0 N–H and O–H groups in total. The molecule has 0 radical (unpaired) electrons. The average molecular weight is 243 g/mol. The van der Waals surface area contributed by atoms with Gasteiger partial charge in [0.2, 0.25) is 0 Å². The summed E-state index contributed by atoms with van der Waals surface area (Å²) >= 11 is 0. The van der Waals surface area contributed by atoms with E-state index in [0.717, 1.165) is 0 Å². The van der Waals surface area contributed by atoms with E-state index in [-0.39, 0.29) is 0 Å². The summed E-state index contributed by atoms with van der Waals surface area (Å²) in [6.45, 7) is 20.6. The van der Waals surface area contributed by atoms with Gasteiger partial charge in [-0.1, -0.05) is 34.6 Å². The minimum atomic E-state index is 1.20. The Bertz CT molecular complexity index is 147. The van der Waals surface area contributed by atoms with Gasteiger partial charge in [0.1, 0.15) is 0 Å². The zero-order chi connectivity index (χ0) is 13.1. The average Bonchev–Trinajstić information content (AvgIpc) is 2.31. The van der Waals surface area contributed by atoms with Gasteiger partial charge in [-0.15, -0.1) is 0 Å². The maximum absolute atomic E-state index is 2.56. The molecular formula is C15H35N2+. The first-order valence-corrected chi connectivity index (χ1v) is 7.75. The standard InChI is InChI=1S/C15H35N2/c1-6-12-17(13-7-2,14-8-3)15-11-16(9-4)10-5/h6-15H2,1-5H3/q+1. The molecule has 0 saturated carbocycles. The lowest BCUT2D eigenvalue weighted by atomic mass is 10.2. The SMILES string of the molecule is CCC[N+](CCC)(CCC)CCN(CC)CC. The molecule has 104 valence electrons. The minimum Gasteiger partial charge on any atom is -0.323 e. The maximum Gasteiger partial charge on any atom is 0.0915 e. The van der Waals surface area contributed by atoms with Crippen LogP contribution in [-0.2, 0) is 0 Å². The first-order valence-electron chi connectivity index (χ1n) is 7.75. The third-order valence-electron chi connectivity index (χ3n) is 3.88. The van der Waals surface area contributed by atoms with Crippen molar-refractivity contribution in [2.45, 2.75) is 53.9 Å². The molecular weight excluding hydrogens is 208 g/mol. The van der Waals surface area contributed by atoms with Crippen molar-refractivity contribution >= 4 is 0 Å². The molecule has 2 heteroatoms. The van der Waals surface area contributed by atoms with E-state index in [1.165, 1.54) is 69.6 Å². The van der Waals surface area contributed by atoms with Crippen LogP contribution in [0.5, 0.6) is 0 Å². The maximum atomic E-state index is 2.56. The lowest BCUT2D eigenvalue weighted by Crippen LogP contribution is -2.53. The lowest BCUT2D eigenvalue weighted by Gasteiger charge is -2.39. The highest BCUT2D eigenvalue weighted by atomic mass is 15.4. The second kappa shape index (κ2) is 9.90. The van der Waals surface area contributed by atoms with Crippen LogP contribution in [0, 0.1) is 0 Å². The van der Waals surface area contributed by atoms with E-state index in [1.54, 1.807) is 0 Å². The Morgan fingerprint density at radius 2 is 1.06 bits per heavy atom. The second-order valence-electron chi connectivity index (χ2n) is 5.26. The van der Waals surface area contributed by atoms with E-state index >= 15 is 0 Å². The van der Waals surface area contributed by atoms with Crippen LogP contribution in [0.15, 0.2) is 0 Å². The lowest BCUT2D eigenvalue weighted by molar-refractivity contribution is -0.927. The molecule has 17 heavy (non-hydrogen) atoms. The van der Waals surface area contributed by atoms with Crippen LogP contribution in [0.1, 0.15) is 53.9 Å². The predicted molar refractivity (Wildman–Crippen MR) is 78.4 cm³/mol. The van der Waals surface area contributed by atoms with E-state index in [0.29, 0.717) is 0 Å². The molecule has 0 aliphatic carbocycles. The molecule has 0 atom stereocenters. The van der Waals surface area contributed by atoms with Gasteiger partial charge in [0.05, 0.1) is 26.2 Å². The van der Waals surface area contributed by atoms with Gasteiger partial charge in [0.25, 0.3) is 0 Å². The Hall–Kier alpha value is -0.0800. The van der Waals surface area contributed by atoms with Crippen LogP contribution in [-0.4, -0.2) is 55.2 Å². The highest BCUT2D eigenvalue weighted by Crippen LogP contribution is 2.12. The number of hydrogen-bond acceptors (Lipinski definition) is 1. The molecule has 0 aromatic rings. The summed E-state index contributed by atoms with van der Waals surface area (Å²) in [5.41, 5.74) is 0. The molecule has 0 rings (SSSR count). The van der Waals surface area contributed by atoms with Crippen LogP contribution < -0.4 is 0 Å². The van der Waals surface area contributed by atoms with Crippen molar-refractivity contribution in [2.75, 3.05) is 45.8 Å². The third-order valence-corrected chi connectivity index (χ3v) is 3.88. The molecule has 0 amide bonds. The fourth-order valence-electron chi connectivity index (χ4n) is 2.99. The van der Waals surface area contributed by atoms with Crippen LogP contribution in [0.25, 0.3) is 0 Å². The van der Waals surface area contributed by atoms with Gasteiger partial charge in [0.15, 0.2) is 0 Å². The number of hydrogen-bond donors (Lipinski definition) is 0. The topological polar surface area (TPSA) is 3.24 Å². The fraction of sp³-hybridized carbons (Fsp3) is 1.00. The van der Waals surface area contributed by atoms with E-state index in [4.69, 9.17) is 0 Å². The minimum absolute atomic E-state index is 1.20. The molecule has 0 fully saturated rings. The van der Waals surface area contributed by atoms with Crippen LogP contribution in [0.2, 0.25) is 0 Å². The number of quaternary nitrogens is 1. The largest absolute Gasteiger partial charge is 0.323 e. The van der Waals surface area contributed by atoms with Crippen LogP contribution in [0.3, 0.4) is 0 Å². The monoisotopic (exact) mass is 243 g/mol. The van der Waals surface area contributed by atoms with Crippen molar-refractivity contribution in [2.24, 2.45) is 0 Å². The molecule has 2 nitrogen and oxygen atoms in total. The summed E-state index contributed by atoms with van der Waals surface area (Å²) in [5, 5.41) is 0. The molecule has 0 aliphatic heterocycles. The number of likely N-dealkylation sites (N-methyl/N-ethyl adjacent to an activating group) is 1. The molecule has 0 unspecified atom stereocenters. The summed E-state index contributed by atoms with van der Waals surface area (Å²) in [6, 6.07) is 0. The molecule has 0 heterocycles. The van der Waals surface area contributed by atoms with Gasteiger partial charge in [-0.05, 0) is 32.4 Å². The number of rotatable bonds is 11. The number of nitrogens with zero attached hydrogens (tertiary/aromatic N) is 2. The Morgan fingerprint density at radius 3 is 1.35 bits per heavy atom. The van der Waals surface area contributed by atoms with Crippen LogP contribution in [0.4, 0.5) is 0 Å². The first-order chi connectivity index (χ1) is 8.17. The Morgan fingerprint density at radius 1 is 0.647 bits per heavy atom. The van der Waals surface area contributed by atoms with E-state index in [2.05, 4.69) is 39.5 Å². The zero-order valence-electron chi connectivity index (χ0n) is 13.0. The van der Waals surface area contributed by atoms with Crippen LogP contribution >= 0.6 is 0 Å². The van der Waals surface area contributed by atoms with Gasteiger partial charge < -0.3 is 4.48 Å². The first kappa shape index (κ1) is 16.9. The van der Waals surface area contributed by atoms with E-state index < -0.39 is 0 Å². The summed E-state index contributed by atoms with van der Waals surface area (Å²) in [7, 11) is 0. The van der Waals surface area contributed by atoms with Crippen molar-refractivity contribution < 1.29 is 4.48 Å². The summed E-state index contributed by atoms with van der Waals surface area (Å²) in [5.74, 6) is 0. The summed E-state index contributed by atoms with van der Waals surface area (Å²) in [4.78, 5) is 2.56. The van der Waals surface area contributed by atoms with Crippen molar-refractivity contribution in [3.05, 3.63) is 0 Å². The molecule has 0 aliphatic rings. The molecule has 0 bridgehead atoms. The predicted octanol–water partition coefficient (Wildman–Crippen LogP) is 3.38. The second-order valence-corrected chi connectivity index (χ2v) is 5.26. The van der Waals surface area contributed by atoms with E-state index in [1.807, 2.05) is 0 Å². The Balaban J connectivity index is 4.41. The summed E-state index contributed by atoms with van der Waals surface area (Å²) in [6.07, 6.45) is 3.95. The molecule has 0 spiro atoms. The van der Waals surface area contributed by atoms with Gasteiger partial charge in [-0.3, -0.25) is 4.90 Å². The Labute approximate surface area is 110 Å². The van der Waals surface area contributed by atoms with Gasteiger partial charge in [-0.25, -0.2) is 0 Å². The van der Waals surface area contributed by atoms with Gasteiger partial charge in [0, 0.05) is 6.54 Å². The van der Waals surface area contributed by atoms with Crippen molar-refractivity contribution in [3.63, 3.8) is 0 Å². The van der Waals surface area contributed by atoms with E-state index in [9.17, 15) is 0 Å². The van der Waals surface area contributed by atoms with Crippen molar-refractivity contribution in [3.8, 4) is 0 Å². The summed E-state index contributed by atoms with van der Waals surface area (Å²) < 4.78 is 1.35. The quantitative estimate of drug-likeness (QED) is 0.503. The van der Waals surface area contributed by atoms with Crippen molar-refractivity contribution in [1.29, 1.82) is 0 Å². The molecule has 0 saturated heterocycles.